The number of benzene rings is 4. The number of imide groups is 2. The second-order valence-corrected chi connectivity index (χ2v) is 15.0. The number of phenolic OH excluding ortho intramolecular Hbond substituents is 1. The van der Waals surface area contributed by atoms with Gasteiger partial charge in [-0.1, -0.05) is 65.7 Å². The third-order valence-electron chi connectivity index (χ3n) is 11.8. The summed E-state index contributed by atoms with van der Waals surface area (Å²) in [7, 11) is 0. The van der Waals surface area contributed by atoms with E-state index in [2.05, 4.69) is 5.43 Å². The van der Waals surface area contributed by atoms with Crippen molar-refractivity contribution < 1.29 is 55.4 Å². The van der Waals surface area contributed by atoms with Crippen LogP contribution in [0.4, 0.5) is 37.7 Å². The number of amides is 4. The highest BCUT2D eigenvalue weighted by molar-refractivity contribution is 6.22. The number of phenols is 1. The van der Waals surface area contributed by atoms with Crippen LogP contribution >= 0.6 is 0 Å². The van der Waals surface area contributed by atoms with Crippen LogP contribution in [0.5, 0.6) is 11.5 Å². The minimum atomic E-state index is -5.24. The van der Waals surface area contributed by atoms with Gasteiger partial charge in [-0.25, -0.2) is 4.90 Å². The number of hydrogen-bond acceptors (Lipinski definition) is 7. The van der Waals surface area contributed by atoms with Crippen LogP contribution < -0.4 is 15.1 Å². The molecular weight excluding hydrogens is 768 g/mol. The van der Waals surface area contributed by atoms with Gasteiger partial charge in [-0.05, 0) is 86.2 Å². The third kappa shape index (κ3) is 6.00. The first kappa shape index (κ1) is 38.7. The van der Waals surface area contributed by atoms with E-state index in [1.165, 1.54) is 6.07 Å². The maximum atomic E-state index is 15.3. The summed E-state index contributed by atoms with van der Waals surface area (Å²) in [6, 6.07) is 20.7. The number of nitrogens with zero attached hydrogens (tertiary/aromatic N) is 2. The Morgan fingerprint density at radius 1 is 0.810 bits per heavy atom. The molecule has 8 rings (SSSR count). The van der Waals surface area contributed by atoms with Crippen molar-refractivity contribution in [3.05, 3.63) is 130 Å². The highest BCUT2D eigenvalue weighted by atomic mass is 19.4. The van der Waals surface area contributed by atoms with Crippen molar-refractivity contribution in [2.45, 2.75) is 50.4 Å². The summed E-state index contributed by atoms with van der Waals surface area (Å²) in [5, 5.41) is 11.7. The average Bonchev–Trinajstić information content (AvgIpc) is 3.56. The molecule has 300 valence electrons. The van der Waals surface area contributed by atoms with E-state index < -0.39 is 87.8 Å². The van der Waals surface area contributed by atoms with Crippen LogP contribution in [0.3, 0.4) is 0 Å². The Morgan fingerprint density at radius 2 is 1.47 bits per heavy atom. The number of fused-ring (bicyclic) bond motifs is 4. The van der Waals surface area contributed by atoms with Crippen LogP contribution in [0.2, 0.25) is 0 Å². The fourth-order valence-electron chi connectivity index (χ4n) is 9.43. The van der Waals surface area contributed by atoms with Gasteiger partial charge in [0.15, 0.2) is 11.5 Å². The maximum Gasteiger partial charge on any atom is 0.416 e. The smallest absolute Gasteiger partial charge is 0.416 e. The van der Waals surface area contributed by atoms with Gasteiger partial charge >= 0.3 is 12.4 Å². The molecule has 4 amide bonds. The van der Waals surface area contributed by atoms with E-state index in [9.17, 15) is 45.8 Å². The first-order valence-corrected chi connectivity index (χ1v) is 18.6. The predicted octanol–water partition coefficient (Wildman–Crippen LogP) is 8.33. The molecule has 6 atom stereocenters. The summed E-state index contributed by atoms with van der Waals surface area (Å²) in [6.45, 7) is 3.74. The van der Waals surface area contributed by atoms with Crippen molar-refractivity contribution in [2.24, 2.45) is 23.7 Å². The van der Waals surface area contributed by atoms with E-state index >= 15 is 4.79 Å². The summed E-state index contributed by atoms with van der Waals surface area (Å²) >= 11 is 0. The summed E-state index contributed by atoms with van der Waals surface area (Å²) in [5.41, 5.74) is -0.245. The Balaban J connectivity index is 1.31. The molecule has 0 radical (unpaired) electrons. The predicted molar refractivity (Wildman–Crippen MR) is 197 cm³/mol. The Morgan fingerprint density at radius 3 is 2.09 bits per heavy atom. The number of hydrogen-bond donors (Lipinski definition) is 2. The van der Waals surface area contributed by atoms with Gasteiger partial charge in [-0.2, -0.15) is 31.4 Å². The molecule has 3 fully saturated rings. The lowest BCUT2D eigenvalue weighted by Gasteiger charge is -2.50. The van der Waals surface area contributed by atoms with Crippen LogP contribution in [0.15, 0.2) is 103 Å². The molecule has 2 heterocycles. The molecule has 4 aromatic rings. The zero-order chi connectivity index (χ0) is 41.5. The monoisotopic (exact) mass is 803 g/mol. The minimum absolute atomic E-state index is 0.0749. The molecule has 2 N–H and O–H groups in total. The zero-order valence-electron chi connectivity index (χ0n) is 30.9. The van der Waals surface area contributed by atoms with Crippen LogP contribution in [0.25, 0.3) is 0 Å². The molecule has 0 aromatic heterocycles. The number of carbonyl (C=O) groups excluding carboxylic acids is 4. The van der Waals surface area contributed by atoms with Crippen LogP contribution in [0.1, 0.15) is 53.5 Å². The quantitative estimate of drug-likeness (QED) is 0.110. The summed E-state index contributed by atoms with van der Waals surface area (Å²) in [4.78, 5) is 59.2. The topological polar surface area (TPSA) is 116 Å². The van der Waals surface area contributed by atoms with Crippen LogP contribution in [0, 0.1) is 30.6 Å². The van der Waals surface area contributed by atoms with E-state index in [-0.39, 0.29) is 37.0 Å². The lowest BCUT2D eigenvalue weighted by molar-refractivity contribution is -0.143. The zero-order valence-corrected chi connectivity index (χ0v) is 30.9. The Kier molecular flexibility index (Phi) is 9.20. The number of anilines is 2. The largest absolute Gasteiger partial charge is 0.504 e. The normalized spacial score (nSPS) is 25.7. The number of rotatable bonds is 7. The number of ether oxygens (including phenoxy) is 1. The van der Waals surface area contributed by atoms with E-state index in [1.807, 2.05) is 6.92 Å². The molecule has 0 spiro atoms. The summed E-state index contributed by atoms with van der Waals surface area (Å²) in [6.07, 6.45) is -9.09. The van der Waals surface area contributed by atoms with Crippen molar-refractivity contribution in [3.8, 4) is 11.5 Å². The standard InChI is InChI=1S/C43H35F6N3O6/c1-3-58-34-17-23(11-16-33(34)53)36-29-14-15-30-35(39(56)51(37(30)54)28-19-25(42(44,45)46)18-26(20-28)43(47,48)49)31(29)21-32-38(55)52(50-27-12-9-22(2)10-13-27)40(57)41(32,36)24-7-5-4-6-8-24/h4-14,16-20,30-32,35-36,50,53H,3,15,21H2,1-2H3/t30-,31+,32-,35-,36-,41+/m0/s1. The third-order valence-corrected chi connectivity index (χ3v) is 11.8. The number of carbonyl (C=O) groups is 4. The van der Waals surface area contributed by atoms with Crippen molar-refractivity contribution >= 4 is 35.0 Å². The van der Waals surface area contributed by atoms with Crippen molar-refractivity contribution in [2.75, 3.05) is 16.9 Å². The molecule has 0 unspecified atom stereocenters. The second-order valence-electron chi connectivity index (χ2n) is 15.0. The van der Waals surface area contributed by atoms with Gasteiger partial charge < -0.3 is 9.84 Å². The highest BCUT2D eigenvalue weighted by Crippen LogP contribution is 2.64. The minimum Gasteiger partial charge on any atom is -0.504 e. The van der Waals surface area contributed by atoms with Gasteiger partial charge in [0.25, 0.3) is 11.8 Å². The van der Waals surface area contributed by atoms with Gasteiger partial charge in [0.05, 0.1) is 52.3 Å². The van der Waals surface area contributed by atoms with Gasteiger partial charge in [-0.15, -0.1) is 0 Å². The highest BCUT2D eigenvalue weighted by Gasteiger charge is 2.70. The fourth-order valence-corrected chi connectivity index (χ4v) is 9.43. The molecule has 2 aliphatic carbocycles. The molecule has 0 bridgehead atoms. The number of hydrazine groups is 1. The van der Waals surface area contributed by atoms with Gasteiger partial charge in [0, 0.05) is 5.92 Å². The fraction of sp³-hybridized carbons (Fsp3) is 0.302. The summed E-state index contributed by atoms with van der Waals surface area (Å²) in [5.74, 6) is -9.10. The lowest BCUT2D eigenvalue weighted by atomic mass is 9.49. The molecule has 4 aromatic carbocycles. The Labute approximate surface area is 327 Å². The van der Waals surface area contributed by atoms with E-state index in [1.54, 1.807) is 79.7 Å². The van der Waals surface area contributed by atoms with E-state index in [0.717, 1.165) is 10.6 Å². The van der Waals surface area contributed by atoms with E-state index in [0.29, 0.717) is 39.4 Å². The molecule has 58 heavy (non-hydrogen) atoms. The van der Waals surface area contributed by atoms with Crippen molar-refractivity contribution in [1.29, 1.82) is 0 Å². The first-order valence-electron chi connectivity index (χ1n) is 18.6. The number of allylic oxidation sites excluding steroid dienone is 2. The van der Waals surface area contributed by atoms with Gasteiger partial charge in [0.2, 0.25) is 11.8 Å². The number of nitrogens with one attached hydrogen (secondary N) is 1. The Hall–Kier alpha value is -6.12. The molecule has 15 heteroatoms. The van der Waals surface area contributed by atoms with Crippen molar-refractivity contribution in [1.82, 2.24) is 5.01 Å². The van der Waals surface area contributed by atoms with Crippen molar-refractivity contribution in [3.63, 3.8) is 0 Å². The Bertz CT molecular complexity index is 2350. The first-order chi connectivity index (χ1) is 27.5. The van der Waals surface area contributed by atoms with Crippen LogP contribution in [-0.4, -0.2) is 40.4 Å². The molecule has 2 saturated heterocycles. The lowest BCUT2D eigenvalue weighted by Crippen LogP contribution is -2.53. The number of halogens is 6. The SMILES string of the molecule is CCOc1cc([C@H]2C3=CC[C@@H]4C(=O)N(c5cc(C(F)(F)F)cc(C(F)(F)F)c5)C(=O)[C@@H]4[C@@H]3C[C@H]3C(=O)N(Nc4ccc(C)cc4)C(=O)[C@@]23c2ccccc2)ccc1O. The summed E-state index contributed by atoms with van der Waals surface area (Å²) < 4.78 is 89.4. The average molecular weight is 804 g/mol. The number of aromatic hydroxyl groups is 1. The maximum absolute atomic E-state index is 15.3. The van der Waals surface area contributed by atoms with Crippen LogP contribution in [-0.2, 0) is 36.9 Å². The number of aryl methyl sites for hydroxylation is 1. The van der Waals surface area contributed by atoms with E-state index in [4.69, 9.17) is 4.74 Å². The molecule has 2 aliphatic heterocycles. The molecular formula is C43H35F6N3O6. The molecule has 4 aliphatic rings. The van der Waals surface area contributed by atoms with Gasteiger partial charge in [-0.3, -0.25) is 24.6 Å². The second kappa shape index (κ2) is 13.8. The molecule has 9 nitrogen and oxygen atoms in total. The number of alkyl halides is 6. The van der Waals surface area contributed by atoms with Gasteiger partial charge in [0.1, 0.15) is 0 Å². The molecule has 1 saturated carbocycles.